The van der Waals surface area contributed by atoms with Crippen molar-refractivity contribution in [2.24, 2.45) is 0 Å². The van der Waals surface area contributed by atoms with Gasteiger partial charge in [0, 0.05) is 18.5 Å². The summed E-state index contributed by atoms with van der Waals surface area (Å²) in [4.78, 5) is 7.90. The van der Waals surface area contributed by atoms with E-state index in [2.05, 4.69) is 30.8 Å². The van der Waals surface area contributed by atoms with Crippen molar-refractivity contribution < 1.29 is 9.84 Å². The molecule has 2 aromatic heterocycles. The molecule has 1 atom stereocenters. The molecule has 0 spiro atoms. The summed E-state index contributed by atoms with van der Waals surface area (Å²) in [5, 5.41) is 14.6. The van der Waals surface area contributed by atoms with E-state index in [9.17, 15) is 0 Å². The first-order valence-electron chi connectivity index (χ1n) is 7.81. The van der Waals surface area contributed by atoms with Crippen LogP contribution in [0.15, 0.2) is 6.20 Å². The van der Waals surface area contributed by atoms with Crippen molar-refractivity contribution in [3.05, 3.63) is 11.9 Å². The lowest BCUT2D eigenvalue weighted by Crippen LogP contribution is -2.40. The number of nitrogens with zero attached hydrogens (tertiary/aromatic N) is 4. The average Bonchev–Trinajstić information content (AvgIpc) is 3.03. The molecule has 0 radical (unpaired) electrons. The van der Waals surface area contributed by atoms with Gasteiger partial charge in [-0.15, -0.1) is 5.10 Å². The van der Waals surface area contributed by atoms with Gasteiger partial charge in [-0.3, -0.25) is 0 Å². The molecule has 1 aliphatic heterocycles. The molecule has 0 aliphatic carbocycles. The molecule has 0 bridgehead atoms. The second-order valence-corrected chi connectivity index (χ2v) is 7.73. The highest BCUT2D eigenvalue weighted by Crippen LogP contribution is 2.29. The van der Waals surface area contributed by atoms with Crippen molar-refractivity contribution in [3.63, 3.8) is 0 Å². The Morgan fingerprint density at radius 1 is 1.45 bits per heavy atom. The fourth-order valence-electron chi connectivity index (χ4n) is 2.65. The van der Waals surface area contributed by atoms with Crippen LogP contribution in [0.1, 0.15) is 39.3 Å². The maximum absolute atomic E-state index is 8.88. The molecule has 1 N–H and O–H groups in total. The van der Waals surface area contributed by atoms with Gasteiger partial charge in [0.2, 0.25) is 10.1 Å². The number of rotatable bonds is 4. The second-order valence-electron chi connectivity index (χ2n) is 6.79. The van der Waals surface area contributed by atoms with E-state index in [0.29, 0.717) is 6.61 Å². The molecule has 1 saturated heterocycles. The molecular formula is C15H24N4O2S. The van der Waals surface area contributed by atoms with E-state index in [0.717, 1.165) is 41.7 Å². The number of fused-ring (bicyclic) bond motifs is 1. The van der Waals surface area contributed by atoms with Crippen LogP contribution in [-0.2, 0) is 10.2 Å². The lowest BCUT2D eigenvalue weighted by molar-refractivity contribution is 0.0214. The van der Waals surface area contributed by atoms with Gasteiger partial charge < -0.3 is 14.7 Å². The number of anilines is 1. The zero-order valence-corrected chi connectivity index (χ0v) is 14.3. The quantitative estimate of drug-likeness (QED) is 0.933. The fourth-order valence-corrected chi connectivity index (χ4v) is 3.56. The minimum atomic E-state index is 0.0436. The number of piperidine rings is 1. The Hall–Kier alpha value is -1.18. The summed E-state index contributed by atoms with van der Waals surface area (Å²) in [5.41, 5.74) is 1.11. The van der Waals surface area contributed by atoms with Crippen molar-refractivity contribution in [1.82, 2.24) is 14.6 Å². The van der Waals surface area contributed by atoms with E-state index in [1.165, 1.54) is 0 Å². The standard InChI is InChI=1S/C15H24N4O2S/c1-15(2,3)12-10-19-13(16-12)22-14(17-19)18-6-4-5-11(9-18)21-8-7-20/h10-11,20H,4-9H2,1-3H3. The van der Waals surface area contributed by atoms with Crippen molar-refractivity contribution in [3.8, 4) is 0 Å². The summed E-state index contributed by atoms with van der Waals surface area (Å²) in [6, 6.07) is 0. The summed E-state index contributed by atoms with van der Waals surface area (Å²) in [5.74, 6) is 0. The third-order valence-electron chi connectivity index (χ3n) is 3.89. The van der Waals surface area contributed by atoms with E-state index in [-0.39, 0.29) is 18.1 Å². The molecule has 122 valence electrons. The minimum Gasteiger partial charge on any atom is -0.394 e. The van der Waals surface area contributed by atoms with Crippen LogP contribution >= 0.6 is 11.3 Å². The van der Waals surface area contributed by atoms with Gasteiger partial charge in [-0.05, 0) is 12.8 Å². The number of ether oxygens (including phenoxy) is 1. The van der Waals surface area contributed by atoms with Gasteiger partial charge in [0.15, 0.2) is 0 Å². The zero-order chi connectivity index (χ0) is 15.7. The van der Waals surface area contributed by atoms with Gasteiger partial charge in [0.25, 0.3) is 0 Å². The SMILES string of the molecule is CC(C)(C)c1cn2nc(N3CCCC(OCCO)C3)sc2n1. The summed E-state index contributed by atoms with van der Waals surface area (Å²) < 4.78 is 7.55. The van der Waals surface area contributed by atoms with Crippen LogP contribution in [0.25, 0.3) is 4.96 Å². The molecule has 1 aliphatic rings. The van der Waals surface area contributed by atoms with E-state index in [1.54, 1.807) is 11.3 Å². The summed E-state index contributed by atoms with van der Waals surface area (Å²) in [7, 11) is 0. The number of hydrogen-bond donors (Lipinski definition) is 1. The van der Waals surface area contributed by atoms with E-state index < -0.39 is 0 Å². The van der Waals surface area contributed by atoms with Crippen LogP contribution in [0.2, 0.25) is 0 Å². The molecule has 3 rings (SSSR count). The number of aromatic nitrogens is 3. The maximum Gasteiger partial charge on any atom is 0.214 e. The molecule has 1 fully saturated rings. The first-order chi connectivity index (χ1) is 10.5. The van der Waals surface area contributed by atoms with Crippen molar-refractivity contribution in [2.75, 3.05) is 31.2 Å². The van der Waals surface area contributed by atoms with Gasteiger partial charge in [0.1, 0.15) is 0 Å². The fraction of sp³-hybridized carbons (Fsp3) is 0.733. The van der Waals surface area contributed by atoms with Crippen LogP contribution in [0.3, 0.4) is 0 Å². The topological polar surface area (TPSA) is 62.9 Å². The predicted octanol–water partition coefficient (Wildman–Crippen LogP) is 2.07. The van der Waals surface area contributed by atoms with Gasteiger partial charge in [-0.25, -0.2) is 9.50 Å². The van der Waals surface area contributed by atoms with Gasteiger partial charge in [0.05, 0.1) is 31.2 Å². The molecule has 0 aromatic carbocycles. The maximum atomic E-state index is 8.88. The number of hydrogen-bond acceptors (Lipinski definition) is 6. The Bertz CT molecular complexity index is 600. The Morgan fingerprint density at radius 2 is 2.27 bits per heavy atom. The summed E-state index contributed by atoms with van der Waals surface area (Å²) >= 11 is 1.63. The molecule has 7 heteroatoms. The smallest absolute Gasteiger partial charge is 0.214 e. The summed E-state index contributed by atoms with van der Waals surface area (Å²) in [6.07, 6.45) is 4.35. The van der Waals surface area contributed by atoms with E-state index in [4.69, 9.17) is 14.8 Å². The van der Waals surface area contributed by atoms with Crippen molar-refractivity contribution in [2.45, 2.75) is 45.1 Å². The Labute approximate surface area is 134 Å². The molecule has 6 nitrogen and oxygen atoms in total. The predicted molar refractivity (Wildman–Crippen MR) is 87.8 cm³/mol. The van der Waals surface area contributed by atoms with Gasteiger partial charge >= 0.3 is 0 Å². The highest BCUT2D eigenvalue weighted by Gasteiger charge is 2.24. The summed E-state index contributed by atoms with van der Waals surface area (Å²) in [6.45, 7) is 8.81. The normalized spacial score (nSPS) is 20.0. The van der Waals surface area contributed by atoms with Crippen LogP contribution in [-0.4, -0.2) is 52.1 Å². The van der Waals surface area contributed by atoms with Crippen molar-refractivity contribution >= 4 is 21.4 Å². The average molecular weight is 324 g/mol. The number of imidazole rings is 1. The van der Waals surface area contributed by atoms with Gasteiger partial charge in [-0.2, -0.15) is 0 Å². The zero-order valence-electron chi connectivity index (χ0n) is 13.4. The lowest BCUT2D eigenvalue weighted by atomic mass is 9.93. The number of aliphatic hydroxyl groups excluding tert-OH is 1. The number of aliphatic hydroxyl groups is 1. The van der Waals surface area contributed by atoms with Gasteiger partial charge in [-0.1, -0.05) is 32.1 Å². The third kappa shape index (κ3) is 3.26. The van der Waals surface area contributed by atoms with Crippen LogP contribution < -0.4 is 4.90 Å². The molecule has 0 saturated carbocycles. The molecule has 3 heterocycles. The first-order valence-corrected chi connectivity index (χ1v) is 8.63. The molecule has 1 unspecified atom stereocenters. The third-order valence-corrected chi connectivity index (χ3v) is 4.88. The minimum absolute atomic E-state index is 0.0436. The van der Waals surface area contributed by atoms with E-state index >= 15 is 0 Å². The Balaban J connectivity index is 1.74. The Kier molecular flexibility index (Phi) is 4.38. The molecular weight excluding hydrogens is 300 g/mol. The van der Waals surface area contributed by atoms with Crippen LogP contribution in [0, 0.1) is 0 Å². The lowest BCUT2D eigenvalue weighted by Gasteiger charge is -2.32. The first kappa shape index (κ1) is 15.7. The molecule has 2 aromatic rings. The highest BCUT2D eigenvalue weighted by atomic mass is 32.1. The van der Waals surface area contributed by atoms with Crippen molar-refractivity contribution in [1.29, 1.82) is 0 Å². The second kappa shape index (κ2) is 6.14. The highest BCUT2D eigenvalue weighted by molar-refractivity contribution is 7.20. The molecule has 22 heavy (non-hydrogen) atoms. The monoisotopic (exact) mass is 324 g/mol. The Morgan fingerprint density at radius 3 is 2.95 bits per heavy atom. The molecule has 0 amide bonds. The van der Waals surface area contributed by atoms with Crippen LogP contribution in [0.5, 0.6) is 0 Å². The largest absolute Gasteiger partial charge is 0.394 e. The van der Waals surface area contributed by atoms with E-state index in [1.807, 2.05) is 10.7 Å². The van der Waals surface area contributed by atoms with Crippen LogP contribution in [0.4, 0.5) is 5.13 Å².